The molecule has 0 spiro atoms. The lowest BCUT2D eigenvalue weighted by Crippen LogP contribution is -2.45. The van der Waals surface area contributed by atoms with Crippen LogP contribution in [-0.4, -0.2) is 17.6 Å². The molecule has 7 heteroatoms. The first-order chi connectivity index (χ1) is 13.4. The normalized spacial score (nSPS) is 16.3. The van der Waals surface area contributed by atoms with Gasteiger partial charge in [0.15, 0.2) is 5.11 Å². The first-order valence-corrected chi connectivity index (χ1v) is 10.2. The molecule has 2 aromatic rings. The molecular weight excluding hydrogens is 438 g/mol. The maximum Gasteiger partial charge on any atom is 0.255 e. The summed E-state index contributed by atoms with van der Waals surface area (Å²) in [4.78, 5) is 13.1. The van der Waals surface area contributed by atoms with E-state index in [1.54, 1.807) is 0 Å². The fourth-order valence-corrected chi connectivity index (χ4v) is 3.83. The van der Waals surface area contributed by atoms with Crippen molar-refractivity contribution in [1.29, 1.82) is 0 Å². The molecule has 1 heterocycles. The minimum Gasteiger partial charge on any atom is -0.493 e. The molecule has 146 valence electrons. The Morgan fingerprint density at radius 3 is 2.57 bits per heavy atom. The number of hydrogen-bond donors (Lipinski definition) is 3. The molecule has 0 fully saturated rings. The number of carbonyl (C=O) groups excluding carboxylic acids is 1. The molecule has 5 nitrogen and oxygen atoms in total. The van der Waals surface area contributed by atoms with Crippen LogP contribution in [0, 0.1) is 6.92 Å². The van der Waals surface area contributed by atoms with E-state index in [4.69, 9.17) is 17.0 Å². The summed E-state index contributed by atoms with van der Waals surface area (Å²) in [5, 5.41) is 9.72. The zero-order chi connectivity index (χ0) is 20.3. The van der Waals surface area contributed by atoms with Gasteiger partial charge in [0.05, 0.1) is 22.7 Å². The lowest BCUT2D eigenvalue weighted by Gasteiger charge is -2.30. The second-order valence-corrected chi connectivity index (χ2v) is 7.78. The molecule has 3 N–H and O–H groups in total. The van der Waals surface area contributed by atoms with Crippen LogP contribution in [-0.2, 0) is 4.79 Å². The quantitative estimate of drug-likeness (QED) is 0.570. The molecule has 0 saturated heterocycles. The number of rotatable bonds is 5. The van der Waals surface area contributed by atoms with Crippen molar-refractivity contribution in [3.63, 3.8) is 0 Å². The molecule has 0 bridgehead atoms. The molecule has 28 heavy (non-hydrogen) atoms. The summed E-state index contributed by atoms with van der Waals surface area (Å²) in [5.41, 5.74) is 4.11. The number of allylic oxidation sites excluding steroid dienone is 1. The van der Waals surface area contributed by atoms with Crippen molar-refractivity contribution in [3.8, 4) is 5.75 Å². The van der Waals surface area contributed by atoms with Gasteiger partial charge in [-0.1, -0.05) is 23.8 Å². The van der Waals surface area contributed by atoms with Gasteiger partial charge in [-0.05, 0) is 78.7 Å². The number of thiocarbonyl (C=S) groups is 1. The molecule has 2 aromatic carbocycles. The van der Waals surface area contributed by atoms with E-state index in [2.05, 4.69) is 31.9 Å². The number of carbonyl (C=O) groups is 1. The van der Waals surface area contributed by atoms with E-state index in [0.717, 1.165) is 32.7 Å². The highest BCUT2D eigenvalue weighted by Gasteiger charge is 2.30. The summed E-state index contributed by atoms with van der Waals surface area (Å²) < 4.78 is 6.42. The average Bonchev–Trinajstić information content (AvgIpc) is 2.64. The zero-order valence-electron chi connectivity index (χ0n) is 15.9. The number of halogens is 1. The lowest BCUT2D eigenvalue weighted by molar-refractivity contribution is -0.113. The van der Waals surface area contributed by atoms with Crippen molar-refractivity contribution in [2.24, 2.45) is 0 Å². The van der Waals surface area contributed by atoms with Crippen LogP contribution in [0.4, 0.5) is 5.69 Å². The van der Waals surface area contributed by atoms with E-state index < -0.39 is 0 Å². The van der Waals surface area contributed by atoms with Gasteiger partial charge in [-0.25, -0.2) is 0 Å². The molecule has 0 saturated carbocycles. The highest BCUT2D eigenvalue weighted by atomic mass is 79.9. The number of nitrogens with one attached hydrogen (secondary N) is 3. The smallest absolute Gasteiger partial charge is 0.255 e. The molecule has 1 aliphatic heterocycles. The fourth-order valence-electron chi connectivity index (χ4n) is 3.05. The van der Waals surface area contributed by atoms with E-state index in [0.29, 0.717) is 17.3 Å². The molecule has 1 atom stereocenters. The Kier molecular flexibility index (Phi) is 6.36. The van der Waals surface area contributed by atoms with Crippen molar-refractivity contribution >= 4 is 44.9 Å². The summed E-state index contributed by atoms with van der Waals surface area (Å²) in [6.45, 7) is 6.38. The minimum absolute atomic E-state index is 0.182. The van der Waals surface area contributed by atoms with Gasteiger partial charge in [-0.3, -0.25) is 4.79 Å². The van der Waals surface area contributed by atoms with Gasteiger partial charge in [0.2, 0.25) is 0 Å². The number of aryl methyl sites for hydroxylation is 1. The monoisotopic (exact) mass is 459 g/mol. The Hall–Kier alpha value is -2.38. The maximum atomic E-state index is 13.1. The van der Waals surface area contributed by atoms with Gasteiger partial charge in [0.25, 0.3) is 5.91 Å². The number of hydrogen-bond acceptors (Lipinski definition) is 3. The Morgan fingerprint density at radius 1 is 1.21 bits per heavy atom. The van der Waals surface area contributed by atoms with Crippen LogP contribution in [0.5, 0.6) is 5.75 Å². The van der Waals surface area contributed by atoms with Crippen molar-refractivity contribution in [3.05, 3.63) is 69.3 Å². The Labute approximate surface area is 178 Å². The zero-order valence-corrected chi connectivity index (χ0v) is 18.3. The van der Waals surface area contributed by atoms with E-state index in [9.17, 15) is 4.79 Å². The van der Waals surface area contributed by atoms with Crippen molar-refractivity contribution < 1.29 is 9.53 Å². The Bertz CT molecular complexity index is 941. The van der Waals surface area contributed by atoms with E-state index >= 15 is 0 Å². The fraction of sp³-hybridized carbons (Fsp3) is 0.238. The Morgan fingerprint density at radius 2 is 1.93 bits per heavy atom. The molecule has 0 aliphatic carbocycles. The van der Waals surface area contributed by atoms with Crippen molar-refractivity contribution in [2.45, 2.75) is 26.8 Å². The SMILES string of the molecule is CCOc1ccc([C@H]2NC(=S)NC(C)=C2C(=O)Nc2ccc(C)cc2)cc1Br. The summed E-state index contributed by atoms with van der Waals surface area (Å²) in [6, 6.07) is 13.1. The number of anilines is 1. The van der Waals surface area contributed by atoms with E-state index in [-0.39, 0.29) is 11.9 Å². The van der Waals surface area contributed by atoms with E-state index in [1.807, 2.05) is 63.2 Å². The summed E-state index contributed by atoms with van der Waals surface area (Å²) in [5.74, 6) is 0.577. The second-order valence-electron chi connectivity index (χ2n) is 6.51. The van der Waals surface area contributed by atoms with Crippen LogP contribution >= 0.6 is 28.1 Å². The third-order valence-corrected chi connectivity index (χ3v) is 5.25. The third-order valence-electron chi connectivity index (χ3n) is 4.41. The first-order valence-electron chi connectivity index (χ1n) is 8.97. The van der Waals surface area contributed by atoms with Gasteiger partial charge >= 0.3 is 0 Å². The molecule has 0 unspecified atom stereocenters. The summed E-state index contributed by atoms with van der Waals surface area (Å²) in [6.07, 6.45) is 0. The van der Waals surface area contributed by atoms with Crippen LogP contribution in [0.1, 0.15) is 31.0 Å². The van der Waals surface area contributed by atoms with E-state index in [1.165, 1.54) is 0 Å². The summed E-state index contributed by atoms with van der Waals surface area (Å²) in [7, 11) is 0. The maximum absolute atomic E-state index is 13.1. The highest BCUT2D eigenvalue weighted by molar-refractivity contribution is 9.10. The molecule has 3 rings (SSSR count). The van der Waals surface area contributed by atoms with Crippen LogP contribution < -0.4 is 20.7 Å². The third kappa shape index (κ3) is 4.54. The standard InChI is InChI=1S/C21H22BrN3O2S/c1-4-27-17-10-7-14(11-16(17)22)19-18(13(3)23-21(28)25-19)20(26)24-15-8-5-12(2)6-9-15/h5-11,19H,4H2,1-3H3,(H,24,26)(H2,23,25,28)/t19-/m1/s1. The van der Waals surface area contributed by atoms with Crippen molar-refractivity contribution in [2.75, 3.05) is 11.9 Å². The predicted octanol–water partition coefficient (Wildman–Crippen LogP) is 4.59. The van der Waals surface area contributed by atoms with Gasteiger partial charge in [0.1, 0.15) is 5.75 Å². The number of ether oxygens (including phenoxy) is 1. The van der Waals surface area contributed by atoms with Crippen molar-refractivity contribution in [1.82, 2.24) is 10.6 Å². The van der Waals surface area contributed by atoms with Crippen LogP contribution in [0.3, 0.4) is 0 Å². The number of amides is 1. The lowest BCUT2D eigenvalue weighted by atomic mass is 9.95. The molecular formula is C21H22BrN3O2S. The molecule has 1 aliphatic rings. The highest BCUT2D eigenvalue weighted by Crippen LogP contribution is 2.33. The van der Waals surface area contributed by atoms with Crippen LogP contribution in [0.15, 0.2) is 58.2 Å². The minimum atomic E-state index is -0.369. The topological polar surface area (TPSA) is 62.4 Å². The first kappa shape index (κ1) is 20.4. The van der Waals surface area contributed by atoms with Gasteiger partial charge in [-0.15, -0.1) is 0 Å². The van der Waals surface area contributed by atoms with Crippen LogP contribution in [0.2, 0.25) is 0 Å². The van der Waals surface area contributed by atoms with Gasteiger partial charge in [-0.2, -0.15) is 0 Å². The van der Waals surface area contributed by atoms with Crippen LogP contribution in [0.25, 0.3) is 0 Å². The summed E-state index contributed by atoms with van der Waals surface area (Å²) >= 11 is 8.86. The van der Waals surface area contributed by atoms with Gasteiger partial charge < -0.3 is 20.7 Å². The molecule has 0 radical (unpaired) electrons. The number of benzene rings is 2. The molecule has 1 amide bonds. The largest absolute Gasteiger partial charge is 0.493 e. The molecule has 0 aromatic heterocycles. The average molecular weight is 460 g/mol. The second kappa shape index (κ2) is 8.75. The Balaban J connectivity index is 1.93. The van der Waals surface area contributed by atoms with Gasteiger partial charge in [0, 0.05) is 11.4 Å². The predicted molar refractivity (Wildman–Crippen MR) is 119 cm³/mol.